The maximum absolute atomic E-state index is 14.9. The van der Waals surface area contributed by atoms with E-state index in [1.54, 1.807) is 22.7 Å². The van der Waals surface area contributed by atoms with Gasteiger partial charge < -0.3 is 43.8 Å². The molecule has 1 aliphatic heterocycles. The van der Waals surface area contributed by atoms with Crippen molar-refractivity contribution in [3.05, 3.63) is 108 Å². The Morgan fingerprint density at radius 3 is 2.23 bits per heavy atom. The number of nitrogens with zero attached hydrogens (tertiary/aromatic N) is 2. The Morgan fingerprint density at radius 2 is 1.54 bits per heavy atom. The maximum Gasteiger partial charge on any atom is 0.410 e. The molecule has 390 valence electrons. The van der Waals surface area contributed by atoms with E-state index in [9.17, 15) is 20.1 Å². The molecule has 3 aromatic rings. The summed E-state index contributed by atoms with van der Waals surface area (Å²) >= 11 is 1.67. The van der Waals surface area contributed by atoms with Gasteiger partial charge in [-0.25, -0.2) is 4.79 Å². The minimum Gasteiger partial charge on any atom is -0.459 e. The molecule has 0 spiro atoms. The fraction of sp³-hybridized carbons (Fsp3) is 0.586. The summed E-state index contributed by atoms with van der Waals surface area (Å²) in [4.78, 5) is 24.0. The van der Waals surface area contributed by atoms with Gasteiger partial charge in [0.1, 0.15) is 29.9 Å². The van der Waals surface area contributed by atoms with Crippen molar-refractivity contribution >= 4 is 23.6 Å². The number of rotatable bonds is 34. The Labute approximate surface area is 428 Å². The zero-order valence-electron chi connectivity index (χ0n) is 42.6. The largest absolute Gasteiger partial charge is 0.459 e. The van der Waals surface area contributed by atoms with Gasteiger partial charge in [-0.05, 0) is 104 Å². The number of hydrogen-bond donors (Lipinski definition) is 3. The molecule has 3 N–H and O–H groups in total. The number of allylic oxidation sites excluding steroid dienone is 1. The van der Waals surface area contributed by atoms with Gasteiger partial charge in [0.05, 0.1) is 44.7 Å². The van der Waals surface area contributed by atoms with Crippen molar-refractivity contribution in [2.24, 2.45) is 22.9 Å². The lowest BCUT2D eigenvalue weighted by molar-refractivity contribution is -0.256. The summed E-state index contributed by atoms with van der Waals surface area (Å²) < 4.78 is 33.3. The fourth-order valence-electron chi connectivity index (χ4n) is 10.8. The van der Waals surface area contributed by atoms with E-state index in [1.165, 1.54) is 44.9 Å². The van der Waals surface area contributed by atoms with E-state index in [2.05, 4.69) is 25.6 Å². The van der Waals surface area contributed by atoms with Crippen molar-refractivity contribution in [2.75, 3.05) is 59.0 Å². The molecule has 0 bridgehead atoms. The molecule has 6 rings (SSSR count). The van der Waals surface area contributed by atoms with E-state index in [1.807, 2.05) is 73.0 Å². The second-order valence-corrected chi connectivity index (χ2v) is 20.0. The molecule has 6 atom stereocenters. The topological polar surface area (TPSA) is 149 Å². The van der Waals surface area contributed by atoms with Crippen LogP contribution in [0.25, 0.3) is 0 Å². The van der Waals surface area contributed by atoms with Crippen molar-refractivity contribution in [2.45, 2.75) is 145 Å². The summed E-state index contributed by atoms with van der Waals surface area (Å²) in [6, 6.07) is 23.2. The van der Waals surface area contributed by atoms with E-state index < -0.39 is 23.8 Å². The highest BCUT2D eigenvalue weighted by molar-refractivity contribution is 7.98. The van der Waals surface area contributed by atoms with Gasteiger partial charge in [0.2, 0.25) is 5.79 Å². The molecule has 1 fully saturated rings. The number of oxime groups is 1. The number of thioether (sulfide) groups is 1. The molecule has 3 aliphatic rings. The lowest BCUT2D eigenvalue weighted by atomic mass is 9.55. The second-order valence-electron chi connectivity index (χ2n) is 19.1. The van der Waals surface area contributed by atoms with Gasteiger partial charge in [-0.1, -0.05) is 125 Å². The summed E-state index contributed by atoms with van der Waals surface area (Å²) in [5.41, 5.74) is 3.56. The number of unbranched alkanes of at least 4 members (excludes halogenated alkanes) is 11. The van der Waals surface area contributed by atoms with E-state index in [4.69, 9.17) is 33.7 Å². The molecule has 1 amide bonds. The molecule has 1 saturated carbocycles. The third-order valence-corrected chi connectivity index (χ3v) is 15.0. The normalized spacial score (nSPS) is 21.7. The first-order chi connectivity index (χ1) is 34.9. The number of ether oxygens (including phenoxy) is 5. The Hall–Kier alpha value is -4.37. The number of carbonyl (C=O) groups is 1. The summed E-state index contributed by atoms with van der Waals surface area (Å²) in [6.07, 6.45) is 22.0. The van der Waals surface area contributed by atoms with Crippen molar-refractivity contribution in [3.8, 4) is 17.2 Å². The van der Waals surface area contributed by atoms with Gasteiger partial charge in [0.25, 0.3) is 0 Å². The smallest absolute Gasteiger partial charge is 0.410 e. The Morgan fingerprint density at radius 1 is 0.831 bits per heavy atom. The summed E-state index contributed by atoms with van der Waals surface area (Å²) in [7, 11) is 0. The first-order valence-electron chi connectivity index (χ1n) is 26.6. The highest BCUT2D eigenvalue weighted by Gasteiger charge is 2.65. The van der Waals surface area contributed by atoms with Gasteiger partial charge in [0, 0.05) is 42.6 Å². The molecule has 0 radical (unpaired) electrons. The van der Waals surface area contributed by atoms with Crippen LogP contribution >= 0.6 is 11.8 Å². The Kier molecular flexibility index (Phi) is 24.1. The third kappa shape index (κ3) is 15.8. The van der Waals surface area contributed by atoms with Crippen LogP contribution < -0.4 is 9.47 Å². The number of amides is 1. The fourth-order valence-corrected chi connectivity index (χ4v) is 11.2. The molecular weight excluding hydrogens is 917 g/mol. The minimum absolute atomic E-state index is 0.0364. The molecular formula is C58H82N2O10S. The minimum atomic E-state index is -1.47. The summed E-state index contributed by atoms with van der Waals surface area (Å²) in [5.74, 6) is -0.103. The van der Waals surface area contributed by atoms with Crippen LogP contribution in [-0.2, 0) is 25.7 Å². The van der Waals surface area contributed by atoms with Crippen LogP contribution in [0.15, 0.2) is 107 Å². The van der Waals surface area contributed by atoms with Crippen LogP contribution in [0, 0.1) is 17.8 Å². The highest BCUT2D eigenvalue weighted by Crippen LogP contribution is 2.62. The first kappa shape index (κ1) is 55.9. The van der Waals surface area contributed by atoms with E-state index in [0.29, 0.717) is 35.8 Å². The molecule has 0 saturated heterocycles. The van der Waals surface area contributed by atoms with Crippen molar-refractivity contribution < 1.29 is 48.6 Å². The molecule has 71 heavy (non-hydrogen) atoms. The van der Waals surface area contributed by atoms with Crippen molar-refractivity contribution in [1.82, 2.24) is 4.90 Å². The van der Waals surface area contributed by atoms with Gasteiger partial charge in [-0.15, -0.1) is 18.3 Å². The second kappa shape index (κ2) is 30.6. The maximum atomic E-state index is 14.9. The van der Waals surface area contributed by atoms with Crippen LogP contribution in [0.5, 0.6) is 17.2 Å². The molecule has 3 aromatic carbocycles. The number of carbonyl (C=O) groups excluding carboxylic acids is 1. The van der Waals surface area contributed by atoms with E-state index >= 15 is 0 Å². The van der Waals surface area contributed by atoms with Crippen LogP contribution in [-0.4, -0.2) is 103 Å². The van der Waals surface area contributed by atoms with Crippen LogP contribution in [0.1, 0.15) is 133 Å². The van der Waals surface area contributed by atoms with Gasteiger partial charge in [-0.2, -0.15) is 0 Å². The third-order valence-electron chi connectivity index (χ3n) is 14.2. The summed E-state index contributed by atoms with van der Waals surface area (Å²) in [5, 5.41) is 34.8. The van der Waals surface area contributed by atoms with Crippen molar-refractivity contribution in [1.29, 1.82) is 0 Å². The predicted octanol–water partition coefficient (Wildman–Crippen LogP) is 12.4. The molecule has 2 aliphatic carbocycles. The van der Waals surface area contributed by atoms with Gasteiger partial charge in [0.15, 0.2) is 0 Å². The molecule has 13 heteroatoms. The molecule has 1 heterocycles. The lowest BCUT2D eigenvalue weighted by Gasteiger charge is -2.59. The predicted molar refractivity (Wildman–Crippen MR) is 282 cm³/mol. The van der Waals surface area contributed by atoms with Crippen LogP contribution in [0.3, 0.4) is 0 Å². The average molecular weight is 999 g/mol. The number of benzene rings is 3. The zero-order chi connectivity index (χ0) is 50.1. The quantitative estimate of drug-likeness (QED) is 0.0227. The van der Waals surface area contributed by atoms with E-state index in [-0.39, 0.29) is 83.6 Å². The number of fused-ring (bicyclic) bond motifs is 2. The lowest BCUT2D eigenvalue weighted by Crippen LogP contribution is -2.70. The van der Waals surface area contributed by atoms with Crippen LogP contribution in [0.2, 0.25) is 0 Å². The monoisotopic (exact) mass is 999 g/mol. The SMILES string of the molecule is C=CCO[C@@]12Oc3ccc(Oc4ccc(SC)cc4)cc3[C@H]3[C@H](CCCCO)[C@@H](CCCCO)C=C(C(=NOCc4ccccc4)C[C@@H]1N(CCOCCO)C(=O)OCCCCCCCCCCCC)[C@H]32. The zero-order valence-corrected chi connectivity index (χ0v) is 43.4. The van der Waals surface area contributed by atoms with Crippen LogP contribution in [0.4, 0.5) is 4.79 Å². The van der Waals surface area contributed by atoms with E-state index in [0.717, 1.165) is 66.5 Å². The highest BCUT2D eigenvalue weighted by atomic mass is 32.2. The average Bonchev–Trinajstić information content (AvgIpc) is 3.39. The van der Waals surface area contributed by atoms with Gasteiger partial charge >= 0.3 is 6.09 Å². The first-order valence-corrected chi connectivity index (χ1v) is 27.8. The number of aliphatic hydroxyl groups is 3. The standard InChI is InChI=1S/C58H82N2O10S/c1-4-6-7-8-9-10-11-12-13-21-37-66-57(64)60(32-38-65-39-35-63)54-42-52(59-68-43-44-22-15-14-16-23-44)50-40-45(24-17-19-33-61)49(25-18-20-34-62)55-51-41-47(69-46-26-29-48(71-3)30-27-46)28-31-53(51)70-58(54,56(50)55)67-36-5-2/h5,14-16,22-23,26-31,40-41,45,49,54-56,61-63H,2,4,6-13,17-21,24-25,32-39,42-43H2,1,3H3/t45-,49+,54-,55+,56+,58+/m0/s1. The molecule has 0 aromatic heterocycles. The summed E-state index contributed by atoms with van der Waals surface area (Å²) in [6.45, 7) is 7.39. The Bertz CT molecular complexity index is 2080. The number of hydrogen-bond acceptors (Lipinski definition) is 12. The number of aliphatic hydroxyl groups excluding tert-OH is 3. The van der Waals surface area contributed by atoms with Crippen molar-refractivity contribution in [3.63, 3.8) is 0 Å². The Balaban J connectivity index is 1.45. The van der Waals surface area contributed by atoms with Gasteiger partial charge in [-0.3, -0.25) is 4.90 Å². The molecule has 12 nitrogen and oxygen atoms in total. The molecule has 0 unspecified atom stereocenters.